The minimum absolute atomic E-state index is 0.00122. The van der Waals surface area contributed by atoms with Gasteiger partial charge in [0.25, 0.3) is 0 Å². The predicted octanol–water partition coefficient (Wildman–Crippen LogP) is 7.60. The third-order valence-electron chi connectivity index (χ3n) is 6.86. The van der Waals surface area contributed by atoms with Gasteiger partial charge in [-0.25, -0.2) is 14.0 Å². The Morgan fingerprint density at radius 3 is 2.05 bits per heavy atom. The Balaban J connectivity index is 1.45. The molecular weight excluding hydrogens is 529 g/mol. The fraction of sp³-hybridized carbons (Fsp3) is 0.222. The number of esters is 2. The smallest absolute Gasteiger partial charge is 0.346 e. The molecule has 0 aromatic heterocycles. The first-order valence-electron chi connectivity index (χ1n) is 14.1. The van der Waals surface area contributed by atoms with Crippen LogP contribution in [0.2, 0.25) is 0 Å². The summed E-state index contributed by atoms with van der Waals surface area (Å²) in [6.45, 7) is 5.36. The van der Waals surface area contributed by atoms with Crippen molar-refractivity contribution in [1.82, 2.24) is 0 Å². The highest BCUT2D eigenvalue weighted by Crippen LogP contribution is 2.25. The van der Waals surface area contributed by atoms with E-state index in [4.69, 9.17) is 9.47 Å². The van der Waals surface area contributed by atoms with E-state index in [0.717, 1.165) is 23.1 Å². The van der Waals surface area contributed by atoms with Gasteiger partial charge in [0.15, 0.2) is 0 Å². The van der Waals surface area contributed by atoms with Crippen molar-refractivity contribution in [3.63, 3.8) is 0 Å². The molecule has 42 heavy (non-hydrogen) atoms. The monoisotopic (exact) mass is 563 g/mol. The number of hydrogen-bond donors (Lipinski definition) is 0. The van der Waals surface area contributed by atoms with E-state index < -0.39 is 17.8 Å². The third-order valence-corrected chi connectivity index (χ3v) is 6.86. The number of hydrogen-bond acceptors (Lipinski definition) is 5. The molecular formula is C36H34FNO4. The largest absolute Gasteiger partial charge is 0.465 e. The number of para-hydroxylation sites is 1. The van der Waals surface area contributed by atoms with Crippen molar-refractivity contribution in [2.24, 2.45) is 0 Å². The van der Waals surface area contributed by atoms with Gasteiger partial charge in [-0.05, 0) is 85.5 Å². The molecule has 0 N–H and O–H groups in total. The Labute approximate surface area is 246 Å². The van der Waals surface area contributed by atoms with Gasteiger partial charge < -0.3 is 14.4 Å². The van der Waals surface area contributed by atoms with Gasteiger partial charge in [0.1, 0.15) is 17.1 Å². The van der Waals surface area contributed by atoms with E-state index in [0.29, 0.717) is 18.8 Å². The van der Waals surface area contributed by atoms with Crippen LogP contribution in [-0.4, -0.2) is 25.6 Å². The van der Waals surface area contributed by atoms with E-state index in [1.807, 2.05) is 36.1 Å². The number of methoxy groups -OCH3 is 1. The zero-order valence-corrected chi connectivity index (χ0v) is 24.2. The van der Waals surface area contributed by atoms with Crippen LogP contribution in [0.3, 0.4) is 0 Å². The average Bonchev–Trinajstić information content (AvgIpc) is 3.03. The molecule has 0 atom stereocenters. The molecule has 0 fully saturated rings. The molecule has 0 bridgehead atoms. The molecule has 6 heteroatoms. The standard InChI is InChI=1S/C36H34FNO4/c1-4-6-9-26-12-14-27(15-13-26)16-17-28-18-20-29(21-19-28)25-38(5-2)30-22-23-33(37)32(24-30)36(40)42-34-11-8-7-10-31(34)35(39)41-3/h7-8,10-15,18-24H,4-6,9,25H2,1-3H3. The van der Waals surface area contributed by atoms with Crippen molar-refractivity contribution in [3.05, 3.63) is 130 Å². The lowest BCUT2D eigenvalue weighted by atomic mass is 10.1. The van der Waals surface area contributed by atoms with Crippen molar-refractivity contribution < 1.29 is 23.5 Å². The van der Waals surface area contributed by atoms with Crippen molar-refractivity contribution in [2.75, 3.05) is 18.6 Å². The van der Waals surface area contributed by atoms with Crippen LogP contribution < -0.4 is 9.64 Å². The Kier molecular flexibility index (Phi) is 10.5. The third kappa shape index (κ3) is 7.86. The molecule has 4 rings (SSSR count). The first-order valence-corrected chi connectivity index (χ1v) is 14.1. The van der Waals surface area contributed by atoms with Crippen LogP contribution in [0.15, 0.2) is 91.0 Å². The van der Waals surface area contributed by atoms with Crippen LogP contribution in [0.1, 0.15) is 69.7 Å². The summed E-state index contributed by atoms with van der Waals surface area (Å²) in [6.07, 6.45) is 3.47. The molecule has 5 nitrogen and oxygen atoms in total. The normalized spacial score (nSPS) is 10.4. The average molecular weight is 564 g/mol. The van der Waals surface area contributed by atoms with E-state index in [1.165, 1.54) is 49.8 Å². The molecule has 0 radical (unpaired) electrons. The Morgan fingerprint density at radius 1 is 0.786 bits per heavy atom. The van der Waals surface area contributed by atoms with Gasteiger partial charge in [-0.2, -0.15) is 0 Å². The van der Waals surface area contributed by atoms with Gasteiger partial charge >= 0.3 is 11.9 Å². The van der Waals surface area contributed by atoms with Crippen LogP contribution in [0.5, 0.6) is 5.75 Å². The van der Waals surface area contributed by atoms with Crippen LogP contribution in [0.4, 0.5) is 10.1 Å². The van der Waals surface area contributed by atoms with E-state index in [9.17, 15) is 14.0 Å². The van der Waals surface area contributed by atoms with Crippen molar-refractivity contribution in [3.8, 4) is 17.6 Å². The Bertz CT molecular complexity index is 1580. The number of unbranched alkanes of at least 4 members (excludes halogenated alkanes) is 1. The zero-order valence-electron chi connectivity index (χ0n) is 24.2. The second-order valence-electron chi connectivity index (χ2n) is 9.80. The molecule has 214 valence electrons. The van der Waals surface area contributed by atoms with E-state index in [-0.39, 0.29) is 16.9 Å². The van der Waals surface area contributed by atoms with Gasteiger partial charge in [0.2, 0.25) is 0 Å². The lowest BCUT2D eigenvalue weighted by molar-refractivity contribution is 0.0593. The number of nitrogens with zero attached hydrogens (tertiary/aromatic N) is 1. The van der Waals surface area contributed by atoms with Gasteiger partial charge in [0.05, 0.1) is 12.7 Å². The maximum Gasteiger partial charge on any atom is 0.346 e. The van der Waals surface area contributed by atoms with Crippen LogP contribution in [-0.2, 0) is 17.7 Å². The zero-order chi connectivity index (χ0) is 29.9. The maximum absolute atomic E-state index is 14.7. The molecule has 0 unspecified atom stereocenters. The fourth-order valence-corrected chi connectivity index (χ4v) is 4.43. The van der Waals surface area contributed by atoms with Crippen LogP contribution in [0.25, 0.3) is 0 Å². The van der Waals surface area contributed by atoms with Crippen LogP contribution >= 0.6 is 0 Å². The lowest BCUT2D eigenvalue weighted by Gasteiger charge is -2.24. The number of carbonyl (C=O) groups excluding carboxylic acids is 2. The minimum Gasteiger partial charge on any atom is -0.465 e. The summed E-state index contributed by atoms with van der Waals surface area (Å²) >= 11 is 0. The molecule has 0 saturated heterocycles. The summed E-state index contributed by atoms with van der Waals surface area (Å²) < 4.78 is 24.9. The number of benzene rings is 4. The van der Waals surface area contributed by atoms with E-state index >= 15 is 0 Å². The highest BCUT2D eigenvalue weighted by molar-refractivity contribution is 5.96. The molecule has 0 amide bonds. The summed E-state index contributed by atoms with van der Waals surface area (Å²) in [5, 5.41) is 0. The number of halogens is 1. The fourth-order valence-electron chi connectivity index (χ4n) is 4.43. The molecule has 0 aliphatic carbocycles. The maximum atomic E-state index is 14.7. The number of aryl methyl sites for hydroxylation is 1. The first kappa shape index (κ1) is 30.1. The molecule has 0 aliphatic rings. The van der Waals surface area contributed by atoms with Crippen molar-refractivity contribution in [1.29, 1.82) is 0 Å². The SMILES string of the molecule is CCCCc1ccc(C#Cc2ccc(CN(CC)c3ccc(F)c(C(=O)Oc4ccccc4C(=O)OC)c3)cc2)cc1. The van der Waals surface area contributed by atoms with E-state index in [2.05, 4.69) is 43.0 Å². The molecule has 0 spiro atoms. The number of ether oxygens (including phenoxy) is 2. The highest BCUT2D eigenvalue weighted by atomic mass is 19.1. The Hall–Kier alpha value is -4.89. The molecule has 0 saturated carbocycles. The quantitative estimate of drug-likeness (QED) is 0.113. The van der Waals surface area contributed by atoms with Gasteiger partial charge in [-0.3, -0.25) is 0 Å². The summed E-state index contributed by atoms with van der Waals surface area (Å²) in [4.78, 5) is 27.0. The van der Waals surface area contributed by atoms with E-state index in [1.54, 1.807) is 18.2 Å². The topological polar surface area (TPSA) is 55.8 Å². The minimum atomic E-state index is -0.903. The summed E-state index contributed by atoms with van der Waals surface area (Å²) in [5.41, 5.74) is 4.79. The van der Waals surface area contributed by atoms with Gasteiger partial charge in [-0.15, -0.1) is 0 Å². The lowest BCUT2D eigenvalue weighted by Crippen LogP contribution is -2.23. The second-order valence-corrected chi connectivity index (χ2v) is 9.80. The number of anilines is 1. The molecule has 4 aromatic carbocycles. The number of carbonyl (C=O) groups is 2. The summed E-state index contributed by atoms with van der Waals surface area (Å²) in [6, 6.07) is 26.9. The van der Waals surface area contributed by atoms with Gasteiger partial charge in [-0.1, -0.05) is 61.6 Å². The number of rotatable bonds is 10. The molecule has 4 aromatic rings. The molecule has 0 heterocycles. The van der Waals surface area contributed by atoms with Crippen LogP contribution in [0, 0.1) is 17.7 Å². The second kappa shape index (κ2) is 14.7. The summed E-state index contributed by atoms with van der Waals surface area (Å²) in [7, 11) is 1.23. The molecule has 0 aliphatic heterocycles. The summed E-state index contributed by atoms with van der Waals surface area (Å²) in [5.74, 6) is 4.18. The Morgan fingerprint density at radius 2 is 1.43 bits per heavy atom. The van der Waals surface area contributed by atoms with Gasteiger partial charge in [0, 0.05) is 29.9 Å². The van der Waals surface area contributed by atoms with Crippen molar-refractivity contribution in [2.45, 2.75) is 39.7 Å². The first-order chi connectivity index (χ1) is 20.4. The van der Waals surface area contributed by atoms with Crippen molar-refractivity contribution >= 4 is 17.6 Å². The highest BCUT2D eigenvalue weighted by Gasteiger charge is 2.20. The predicted molar refractivity (Wildman–Crippen MR) is 163 cm³/mol.